The van der Waals surface area contributed by atoms with Gasteiger partial charge in [-0.1, -0.05) is 26.0 Å². The van der Waals surface area contributed by atoms with Gasteiger partial charge in [0.15, 0.2) is 0 Å². The quantitative estimate of drug-likeness (QED) is 0.744. The molecule has 0 unspecified atom stereocenters. The van der Waals surface area contributed by atoms with Gasteiger partial charge in [-0.25, -0.2) is 13.1 Å². The summed E-state index contributed by atoms with van der Waals surface area (Å²) < 4.78 is 27.3. The second-order valence-electron chi connectivity index (χ2n) is 6.99. The number of hydrogen-bond acceptors (Lipinski definition) is 3. The van der Waals surface area contributed by atoms with Crippen molar-refractivity contribution in [3.05, 3.63) is 59.7 Å². The van der Waals surface area contributed by atoms with Crippen molar-refractivity contribution in [3.63, 3.8) is 0 Å². The Kier molecular flexibility index (Phi) is 7.16. The molecule has 0 fully saturated rings. The van der Waals surface area contributed by atoms with E-state index in [-0.39, 0.29) is 10.8 Å². The van der Waals surface area contributed by atoms with Crippen LogP contribution in [0.5, 0.6) is 0 Å². The Bertz CT molecular complexity index is 875. The van der Waals surface area contributed by atoms with Crippen molar-refractivity contribution in [2.75, 3.05) is 18.0 Å². The first-order valence-electron chi connectivity index (χ1n) is 9.23. The van der Waals surface area contributed by atoms with Crippen molar-refractivity contribution in [1.29, 1.82) is 0 Å². The van der Waals surface area contributed by atoms with Crippen LogP contribution in [0.1, 0.15) is 43.1 Å². The molecule has 27 heavy (non-hydrogen) atoms. The van der Waals surface area contributed by atoms with E-state index < -0.39 is 10.0 Å². The summed E-state index contributed by atoms with van der Waals surface area (Å²) in [6.07, 6.45) is 0.776. The molecule has 0 spiro atoms. The highest BCUT2D eigenvalue weighted by atomic mass is 32.2. The van der Waals surface area contributed by atoms with Crippen LogP contribution in [0.2, 0.25) is 0 Å². The van der Waals surface area contributed by atoms with Gasteiger partial charge in [-0.15, -0.1) is 0 Å². The van der Waals surface area contributed by atoms with E-state index in [0.717, 1.165) is 17.7 Å². The van der Waals surface area contributed by atoms with Gasteiger partial charge in [-0.3, -0.25) is 4.79 Å². The van der Waals surface area contributed by atoms with E-state index in [9.17, 15) is 13.2 Å². The molecule has 5 nitrogen and oxygen atoms in total. The Labute approximate surface area is 162 Å². The molecule has 0 heterocycles. The van der Waals surface area contributed by atoms with Crippen molar-refractivity contribution in [1.82, 2.24) is 4.72 Å². The van der Waals surface area contributed by atoms with Crippen LogP contribution in [-0.2, 0) is 10.0 Å². The molecule has 2 rings (SSSR count). The van der Waals surface area contributed by atoms with Crippen LogP contribution >= 0.6 is 0 Å². The maximum absolute atomic E-state index is 12.9. The highest BCUT2D eigenvalue weighted by Gasteiger charge is 2.18. The van der Waals surface area contributed by atoms with Crippen molar-refractivity contribution < 1.29 is 13.2 Å². The predicted octanol–water partition coefficient (Wildman–Crippen LogP) is 3.99. The molecule has 0 radical (unpaired) electrons. The lowest BCUT2D eigenvalue weighted by Gasteiger charge is -2.21. The molecule has 0 aliphatic carbocycles. The van der Waals surface area contributed by atoms with Crippen LogP contribution in [0, 0.1) is 12.8 Å². The SMILES string of the molecule is CCN(C(=O)c1ccc(S(=O)(=O)NCCC(C)C)cc1)c1cccc(C)c1. The molecule has 0 aliphatic heterocycles. The van der Waals surface area contributed by atoms with Crippen molar-refractivity contribution in [3.8, 4) is 0 Å². The molecule has 146 valence electrons. The van der Waals surface area contributed by atoms with Crippen LogP contribution in [0.4, 0.5) is 5.69 Å². The molecule has 0 bridgehead atoms. The summed E-state index contributed by atoms with van der Waals surface area (Å²) in [6, 6.07) is 13.8. The van der Waals surface area contributed by atoms with Crippen LogP contribution in [-0.4, -0.2) is 27.4 Å². The maximum Gasteiger partial charge on any atom is 0.258 e. The smallest absolute Gasteiger partial charge is 0.258 e. The average Bonchev–Trinajstić information content (AvgIpc) is 2.62. The first-order chi connectivity index (χ1) is 12.7. The van der Waals surface area contributed by atoms with E-state index in [0.29, 0.717) is 24.6 Å². The van der Waals surface area contributed by atoms with Gasteiger partial charge in [0.25, 0.3) is 5.91 Å². The number of carbonyl (C=O) groups excluding carboxylic acids is 1. The molecule has 0 atom stereocenters. The summed E-state index contributed by atoms with van der Waals surface area (Å²) in [7, 11) is -3.56. The van der Waals surface area contributed by atoms with Gasteiger partial charge >= 0.3 is 0 Å². The van der Waals surface area contributed by atoms with Gasteiger partial charge in [0.05, 0.1) is 4.90 Å². The molecule has 6 heteroatoms. The lowest BCUT2D eigenvalue weighted by Crippen LogP contribution is -2.30. The predicted molar refractivity (Wildman–Crippen MR) is 110 cm³/mol. The third kappa shape index (κ3) is 5.65. The standard InChI is InChI=1S/C21H28N2O3S/c1-5-23(19-8-6-7-17(4)15-19)21(24)18-9-11-20(12-10-18)27(25,26)22-14-13-16(2)3/h6-12,15-16,22H,5,13-14H2,1-4H3. The number of sulfonamides is 1. The van der Waals surface area contributed by atoms with Crippen molar-refractivity contribution >= 4 is 21.6 Å². The fourth-order valence-corrected chi connectivity index (χ4v) is 3.78. The third-order valence-corrected chi connectivity index (χ3v) is 5.78. The summed E-state index contributed by atoms with van der Waals surface area (Å²) >= 11 is 0. The monoisotopic (exact) mass is 388 g/mol. The Morgan fingerprint density at radius 1 is 1.11 bits per heavy atom. The van der Waals surface area contributed by atoms with Gasteiger partial charge in [-0.2, -0.15) is 0 Å². The number of anilines is 1. The summed E-state index contributed by atoms with van der Waals surface area (Å²) in [5, 5.41) is 0. The first-order valence-corrected chi connectivity index (χ1v) is 10.7. The summed E-state index contributed by atoms with van der Waals surface area (Å²) in [5.41, 5.74) is 2.36. The molecule has 2 aromatic carbocycles. The molecule has 1 N–H and O–H groups in total. The molecule has 1 amide bonds. The Hall–Kier alpha value is -2.18. The van der Waals surface area contributed by atoms with Gasteiger partial charge in [0.2, 0.25) is 10.0 Å². The zero-order valence-corrected chi connectivity index (χ0v) is 17.2. The molecule has 0 aromatic heterocycles. The number of nitrogens with one attached hydrogen (secondary N) is 1. The maximum atomic E-state index is 12.9. The average molecular weight is 389 g/mol. The highest BCUT2D eigenvalue weighted by molar-refractivity contribution is 7.89. The summed E-state index contributed by atoms with van der Waals surface area (Å²) in [6.45, 7) is 8.91. The van der Waals surface area contributed by atoms with E-state index in [2.05, 4.69) is 4.72 Å². The lowest BCUT2D eigenvalue weighted by molar-refractivity contribution is 0.0988. The molecular formula is C21H28N2O3S. The second-order valence-corrected chi connectivity index (χ2v) is 8.76. The number of aryl methyl sites for hydroxylation is 1. The number of nitrogens with zero attached hydrogens (tertiary/aromatic N) is 1. The zero-order chi connectivity index (χ0) is 20.0. The van der Waals surface area contributed by atoms with E-state index in [1.165, 1.54) is 12.1 Å². The fraction of sp³-hybridized carbons (Fsp3) is 0.381. The van der Waals surface area contributed by atoms with Crippen molar-refractivity contribution in [2.24, 2.45) is 5.92 Å². The zero-order valence-electron chi connectivity index (χ0n) is 16.4. The number of rotatable bonds is 8. The minimum Gasteiger partial charge on any atom is -0.309 e. The first kappa shape index (κ1) is 21.1. The lowest BCUT2D eigenvalue weighted by atomic mass is 10.1. The molecule has 2 aromatic rings. The minimum atomic E-state index is -3.56. The van der Waals surface area contributed by atoms with Crippen LogP contribution in [0.25, 0.3) is 0 Å². The molecule has 0 saturated heterocycles. The largest absolute Gasteiger partial charge is 0.309 e. The fourth-order valence-electron chi connectivity index (χ4n) is 2.74. The third-order valence-electron chi connectivity index (χ3n) is 4.30. The van der Waals surface area contributed by atoms with Gasteiger partial charge in [0, 0.05) is 24.3 Å². The van der Waals surface area contributed by atoms with E-state index in [1.807, 2.05) is 52.0 Å². The van der Waals surface area contributed by atoms with E-state index >= 15 is 0 Å². The van der Waals surface area contributed by atoms with Crippen LogP contribution in [0.3, 0.4) is 0 Å². The normalized spacial score (nSPS) is 11.6. The number of carbonyl (C=O) groups is 1. The van der Waals surface area contributed by atoms with Crippen molar-refractivity contribution in [2.45, 2.75) is 39.0 Å². The van der Waals surface area contributed by atoms with E-state index in [1.54, 1.807) is 17.0 Å². The Morgan fingerprint density at radius 2 is 1.78 bits per heavy atom. The van der Waals surface area contributed by atoms with E-state index in [4.69, 9.17) is 0 Å². The topological polar surface area (TPSA) is 66.5 Å². The summed E-state index contributed by atoms with van der Waals surface area (Å²) in [4.78, 5) is 14.7. The molecule has 0 saturated carbocycles. The van der Waals surface area contributed by atoms with Gasteiger partial charge in [0.1, 0.15) is 0 Å². The summed E-state index contributed by atoms with van der Waals surface area (Å²) in [5.74, 6) is 0.272. The van der Waals surface area contributed by atoms with Crippen LogP contribution < -0.4 is 9.62 Å². The molecular weight excluding hydrogens is 360 g/mol. The Balaban J connectivity index is 2.17. The highest BCUT2D eigenvalue weighted by Crippen LogP contribution is 2.19. The number of benzene rings is 2. The second kappa shape index (κ2) is 9.15. The Morgan fingerprint density at radius 3 is 2.33 bits per heavy atom. The van der Waals surface area contributed by atoms with Gasteiger partial charge in [-0.05, 0) is 68.1 Å². The van der Waals surface area contributed by atoms with Gasteiger partial charge < -0.3 is 4.90 Å². The van der Waals surface area contributed by atoms with Crippen LogP contribution in [0.15, 0.2) is 53.4 Å². The number of hydrogen-bond donors (Lipinski definition) is 1. The number of amides is 1. The minimum absolute atomic E-state index is 0.153. The molecule has 0 aliphatic rings.